The van der Waals surface area contributed by atoms with Gasteiger partial charge in [-0.2, -0.15) is 4.98 Å². The van der Waals surface area contributed by atoms with Crippen molar-refractivity contribution in [3.05, 3.63) is 30.2 Å². The average molecular weight is 296 g/mol. The van der Waals surface area contributed by atoms with Crippen molar-refractivity contribution in [3.63, 3.8) is 0 Å². The van der Waals surface area contributed by atoms with Crippen LogP contribution in [0.1, 0.15) is 19.5 Å². The maximum Gasteiger partial charge on any atom is 0.292 e. The van der Waals surface area contributed by atoms with E-state index in [0.717, 1.165) is 29.1 Å². The van der Waals surface area contributed by atoms with Crippen LogP contribution in [0.15, 0.2) is 28.9 Å². The molecule has 0 aliphatic carbocycles. The summed E-state index contributed by atoms with van der Waals surface area (Å²) in [7, 11) is 0. The first-order chi connectivity index (χ1) is 10.5. The van der Waals surface area contributed by atoms with E-state index in [1.54, 1.807) is 0 Å². The van der Waals surface area contributed by atoms with E-state index >= 15 is 0 Å². The van der Waals surface area contributed by atoms with Gasteiger partial charge in [-0.1, -0.05) is 13.8 Å². The first-order valence-corrected chi connectivity index (χ1v) is 7.00. The maximum atomic E-state index is 6.09. The molecule has 0 fully saturated rings. The van der Waals surface area contributed by atoms with E-state index in [4.69, 9.17) is 15.9 Å². The largest absolute Gasteiger partial charge is 0.424 e. The van der Waals surface area contributed by atoms with Crippen LogP contribution in [-0.4, -0.2) is 21.5 Å². The van der Waals surface area contributed by atoms with Gasteiger partial charge in [0, 0.05) is 17.6 Å². The van der Waals surface area contributed by atoms with E-state index in [1.807, 2.05) is 18.2 Å². The number of nitrogen functional groups attached to an aromatic ring is 2. The van der Waals surface area contributed by atoms with Gasteiger partial charge in [0.15, 0.2) is 11.4 Å². The molecule has 1 aliphatic heterocycles. The van der Waals surface area contributed by atoms with Gasteiger partial charge < -0.3 is 20.8 Å². The van der Waals surface area contributed by atoms with E-state index in [0.29, 0.717) is 11.4 Å². The zero-order valence-electron chi connectivity index (χ0n) is 12.4. The first-order valence-electron chi connectivity index (χ1n) is 7.00. The monoisotopic (exact) mass is 296 g/mol. The fourth-order valence-electron chi connectivity index (χ4n) is 3.02. The predicted octanol–water partition coefficient (Wildman–Crippen LogP) is 2.21. The van der Waals surface area contributed by atoms with Gasteiger partial charge in [-0.25, -0.2) is 9.97 Å². The number of benzene rings is 1. The van der Waals surface area contributed by atoms with Crippen LogP contribution >= 0.6 is 0 Å². The van der Waals surface area contributed by atoms with Crippen LogP contribution in [0.25, 0.3) is 11.1 Å². The SMILES string of the molecule is CC1(C)CN(c2ccc3oc(N)nc3c2)c2c(N)ncnc21. The highest BCUT2D eigenvalue weighted by Gasteiger charge is 2.39. The number of fused-ring (bicyclic) bond motifs is 2. The number of nitrogens with zero attached hydrogens (tertiary/aromatic N) is 4. The quantitative estimate of drug-likeness (QED) is 0.708. The lowest BCUT2D eigenvalue weighted by molar-refractivity contribution is 0.553. The minimum atomic E-state index is -0.107. The smallest absolute Gasteiger partial charge is 0.292 e. The van der Waals surface area contributed by atoms with Crippen LogP contribution in [0.2, 0.25) is 0 Å². The average Bonchev–Trinajstić information content (AvgIpc) is 2.96. The van der Waals surface area contributed by atoms with Crippen molar-refractivity contribution in [2.45, 2.75) is 19.3 Å². The van der Waals surface area contributed by atoms with Crippen molar-refractivity contribution in [1.82, 2.24) is 15.0 Å². The van der Waals surface area contributed by atoms with Crippen LogP contribution in [0.4, 0.5) is 23.2 Å². The Labute approximate surface area is 127 Å². The first kappa shape index (κ1) is 12.9. The molecule has 0 saturated heterocycles. The Morgan fingerprint density at radius 3 is 2.86 bits per heavy atom. The Morgan fingerprint density at radius 1 is 1.23 bits per heavy atom. The fraction of sp³-hybridized carbons (Fsp3) is 0.267. The number of nitrogens with two attached hydrogens (primary N) is 2. The summed E-state index contributed by atoms with van der Waals surface area (Å²) in [5, 5.41) is 0. The Balaban J connectivity index is 1.89. The zero-order valence-corrected chi connectivity index (χ0v) is 12.4. The molecule has 7 nitrogen and oxygen atoms in total. The van der Waals surface area contributed by atoms with Crippen molar-refractivity contribution in [2.75, 3.05) is 22.9 Å². The summed E-state index contributed by atoms with van der Waals surface area (Å²) in [5.74, 6) is 0.482. The van der Waals surface area contributed by atoms with Crippen LogP contribution in [0, 0.1) is 0 Å². The second-order valence-corrected chi connectivity index (χ2v) is 6.13. The number of oxazole rings is 1. The molecule has 0 bridgehead atoms. The summed E-state index contributed by atoms with van der Waals surface area (Å²) < 4.78 is 5.32. The molecule has 4 N–H and O–H groups in total. The zero-order chi connectivity index (χ0) is 15.5. The molecule has 1 aromatic carbocycles. The van der Waals surface area contributed by atoms with Crippen LogP contribution in [0.3, 0.4) is 0 Å². The van der Waals surface area contributed by atoms with Gasteiger partial charge in [-0.3, -0.25) is 0 Å². The predicted molar refractivity (Wildman–Crippen MR) is 84.9 cm³/mol. The summed E-state index contributed by atoms with van der Waals surface area (Å²) in [4.78, 5) is 14.9. The summed E-state index contributed by atoms with van der Waals surface area (Å²) in [5.41, 5.74) is 15.8. The number of hydrogen-bond donors (Lipinski definition) is 2. The van der Waals surface area contributed by atoms with Crippen molar-refractivity contribution in [1.29, 1.82) is 0 Å². The lowest BCUT2D eigenvalue weighted by Crippen LogP contribution is -2.25. The highest BCUT2D eigenvalue weighted by atomic mass is 16.4. The molecule has 0 saturated carbocycles. The van der Waals surface area contributed by atoms with Crippen LogP contribution < -0.4 is 16.4 Å². The number of anilines is 4. The Bertz CT molecular complexity index is 885. The molecular weight excluding hydrogens is 280 g/mol. The molecule has 2 aromatic heterocycles. The molecule has 3 heterocycles. The molecule has 3 aromatic rings. The molecule has 0 atom stereocenters. The summed E-state index contributed by atoms with van der Waals surface area (Å²) >= 11 is 0. The highest BCUT2D eigenvalue weighted by molar-refractivity contribution is 5.84. The lowest BCUT2D eigenvalue weighted by Gasteiger charge is -2.22. The van der Waals surface area contributed by atoms with Crippen molar-refractivity contribution in [2.24, 2.45) is 0 Å². The normalized spacial score (nSPS) is 16.2. The standard InChI is InChI=1S/C15H16N6O/c1-15(2)6-21(11-12(15)18-7-19-13(11)16)8-3-4-10-9(5-8)20-14(17)22-10/h3-5,7H,6H2,1-2H3,(H2,17,20)(H2,16,18,19). The molecule has 0 unspecified atom stereocenters. The molecule has 0 amide bonds. The van der Waals surface area contributed by atoms with E-state index in [2.05, 4.69) is 33.7 Å². The van der Waals surface area contributed by atoms with Gasteiger partial charge in [0.1, 0.15) is 17.5 Å². The third kappa shape index (κ3) is 1.71. The second kappa shape index (κ2) is 4.09. The van der Waals surface area contributed by atoms with Gasteiger partial charge in [0.05, 0.1) is 5.69 Å². The third-order valence-electron chi connectivity index (χ3n) is 4.01. The summed E-state index contributed by atoms with van der Waals surface area (Å²) in [6, 6.07) is 5.92. The molecule has 22 heavy (non-hydrogen) atoms. The summed E-state index contributed by atoms with van der Waals surface area (Å²) in [6.45, 7) is 5.06. The van der Waals surface area contributed by atoms with Crippen LogP contribution in [-0.2, 0) is 5.41 Å². The van der Waals surface area contributed by atoms with Gasteiger partial charge >= 0.3 is 0 Å². The van der Waals surface area contributed by atoms with E-state index in [1.165, 1.54) is 6.33 Å². The Hall–Kier alpha value is -2.83. The molecule has 0 spiro atoms. The molecule has 1 aliphatic rings. The third-order valence-corrected chi connectivity index (χ3v) is 4.01. The van der Waals surface area contributed by atoms with Crippen molar-refractivity contribution < 1.29 is 4.42 Å². The molecule has 0 radical (unpaired) electrons. The topological polar surface area (TPSA) is 107 Å². The molecule has 4 rings (SSSR count). The van der Waals surface area contributed by atoms with Gasteiger partial charge in [-0.15, -0.1) is 0 Å². The Morgan fingerprint density at radius 2 is 2.05 bits per heavy atom. The molecular formula is C15H16N6O. The number of hydrogen-bond acceptors (Lipinski definition) is 7. The van der Waals surface area contributed by atoms with Crippen molar-refractivity contribution >= 4 is 34.3 Å². The minimum absolute atomic E-state index is 0.107. The van der Waals surface area contributed by atoms with Gasteiger partial charge in [-0.05, 0) is 18.2 Å². The Kier molecular flexibility index (Phi) is 2.40. The van der Waals surface area contributed by atoms with Gasteiger partial charge in [0.2, 0.25) is 0 Å². The summed E-state index contributed by atoms with van der Waals surface area (Å²) in [6.07, 6.45) is 1.51. The number of rotatable bonds is 1. The molecule has 7 heteroatoms. The maximum absolute atomic E-state index is 6.09. The highest BCUT2D eigenvalue weighted by Crippen LogP contribution is 2.45. The van der Waals surface area contributed by atoms with E-state index in [9.17, 15) is 0 Å². The second-order valence-electron chi connectivity index (χ2n) is 6.13. The number of aromatic nitrogens is 3. The van der Waals surface area contributed by atoms with Crippen LogP contribution in [0.5, 0.6) is 0 Å². The fourth-order valence-corrected chi connectivity index (χ4v) is 3.02. The van der Waals surface area contributed by atoms with Gasteiger partial charge in [0.25, 0.3) is 6.01 Å². The van der Waals surface area contributed by atoms with Crippen molar-refractivity contribution in [3.8, 4) is 0 Å². The minimum Gasteiger partial charge on any atom is -0.424 e. The molecule has 112 valence electrons. The van der Waals surface area contributed by atoms with E-state index in [-0.39, 0.29) is 11.4 Å². The van der Waals surface area contributed by atoms with E-state index < -0.39 is 0 Å². The lowest BCUT2D eigenvalue weighted by atomic mass is 9.91.